The summed E-state index contributed by atoms with van der Waals surface area (Å²) in [6.45, 7) is 0.0292. The minimum Gasteiger partial charge on any atom is -0.312 e. The van der Waals surface area contributed by atoms with E-state index in [4.69, 9.17) is 9.79 Å². The van der Waals surface area contributed by atoms with E-state index in [1.54, 1.807) is 6.33 Å². The molecule has 0 spiro atoms. The molecule has 21 heavy (non-hydrogen) atoms. The second-order valence-electron chi connectivity index (χ2n) is 5.17. The minimum absolute atomic E-state index is 0.0292. The number of aromatic amines is 1. The minimum atomic E-state index is -4.42. The first-order valence-corrected chi connectivity index (χ1v) is 8.07. The predicted molar refractivity (Wildman–Crippen MR) is 72.5 cm³/mol. The van der Waals surface area contributed by atoms with Gasteiger partial charge in [-0.2, -0.15) is 0 Å². The Labute approximate surface area is 119 Å². The molecule has 2 heterocycles. The molecule has 3 rings (SSSR count). The van der Waals surface area contributed by atoms with Gasteiger partial charge in [0.2, 0.25) is 0 Å². The maximum absolute atomic E-state index is 11.6. The Balaban J connectivity index is 1.75. The molecule has 3 N–H and O–H groups in total. The highest BCUT2D eigenvalue weighted by atomic mass is 31.2. The third-order valence-corrected chi connectivity index (χ3v) is 4.24. The van der Waals surface area contributed by atoms with Crippen molar-refractivity contribution < 1.29 is 18.9 Å². The lowest BCUT2D eigenvalue weighted by Gasteiger charge is -2.13. The third-order valence-electron chi connectivity index (χ3n) is 3.75. The van der Waals surface area contributed by atoms with Crippen molar-refractivity contribution in [2.75, 3.05) is 6.61 Å². The summed E-state index contributed by atoms with van der Waals surface area (Å²) < 4.78 is 17.1. The SMILES string of the molecule is O=c1[nH]cnc2c1ncn2[C@H]1CC[C@@H](COP(=O)(O)O)C1. The molecule has 0 aromatic carbocycles. The molecule has 0 bridgehead atoms. The van der Waals surface area contributed by atoms with E-state index in [1.807, 2.05) is 4.57 Å². The number of phosphoric ester groups is 1. The van der Waals surface area contributed by atoms with Crippen LogP contribution in [-0.4, -0.2) is 35.9 Å². The van der Waals surface area contributed by atoms with Crippen LogP contribution >= 0.6 is 7.82 Å². The Morgan fingerprint density at radius 3 is 3.00 bits per heavy atom. The van der Waals surface area contributed by atoms with Crippen molar-refractivity contribution in [3.05, 3.63) is 23.0 Å². The summed E-state index contributed by atoms with van der Waals surface area (Å²) in [5.74, 6) is 0.0714. The zero-order chi connectivity index (χ0) is 15.0. The third kappa shape index (κ3) is 3.06. The van der Waals surface area contributed by atoms with Crippen LogP contribution in [-0.2, 0) is 9.09 Å². The van der Waals surface area contributed by atoms with Crippen molar-refractivity contribution in [1.29, 1.82) is 0 Å². The average Bonchev–Trinajstić information content (AvgIpc) is 3.02. The fourth-order valence-corrected chi connectivity index (χ4v) is 3.19. The van der Waals surface area contributed by atoms with E-state index in [1.165, 1.54) is 6.33 Å². The molecule has 114 valence electrons. The molecule has 0 unspecified atom stereocenters. The zero-order valence-corrected chi connectivity index (χ0v) is 11.9. The van der Waals surface area contributed by atoms with Gasteiger partial charge in [0.1, 0.15) is 0 Å². The highest BCUT2D eigenvalue weighted by Gasteiger charge is 2.29. The van der Waals surface area contributed by atoms with Crippen LogP contribution in [0.5, 0.6) is 0 Å². The molecule has 0 radical (unpaired) electrons. The number of hydrogen-bond donors (Lipinski definition) is 3. The fraction of sp³-hybridized carbons (Fsp3) is 0.545. The van der Waals surface area contributed by atoms with Crippen LogP contribution in [0.15, 0.2) is 17.4 Å². The number of H-pyrrole nitrogens is 1. The normalized spacial score (nSPS) is 23.0. The van der Waals surface area contributed by atoms with Gasteiger partial charge >= 0.3 is 7.82 Å². The zero-order valence-electron chi connectivity index (χ0n) is 11.0. The number of phosphoric acid groups is 1. The second kappa shape index (κ2) is 5.34. The fourth-order valence-electron chi connectivity index (χ4n) is 2.79. The number of hydrogen-bond acceptors (Lipinski definition) is 5. The monoisotopic (exact) mass is 314 g/mol. The van der Waals surface area contributed by atoms with E-state index in [0.717, 1.165) is 12.8 Å². The highest BCUT2D eigenvalue weighted by molar-refractivity contribution is 7.46. The molecule has 2 aromatic heterocycles. The van der Waals surface area contributed by atoms with E-state index in [2.05, 4.69) is 19.5 Å². The van der Waals surface area contributed by atoms with E-state index < -0.39 is 7.82 Å². The number of rotatable bonds is 4. The molecule has 0 saturated heterocycles. The van der Waals surface area contributed by atoms with Gasteiger partial charge in [-0.15, -0.1) is 0 Å². The quantitative estimate of drug-likeness (QED) is 0.703. The first-order valence-electron chi connectivity index (χ1n) is 6.54. The number of aromatic nitrogens is 4. The summed E-state index contributed by atoms with van der Waals surface area (Å²) in [6, 6.07) is 0.106. The number of nitrogens with one attached hydrogen (secondary N) is 1. The van der Waals surface area contributed by atoms with Gasteiger partial charge in [0, 0.05) is 6.04 Å². The first kappa shape index (κ1) is 14.4. The molecule has 1 aliphatic carbocycles. The highest BCUT2D eigenvalue weighted by Crippen LogP contribution is 2.41. The van der Waals surface area contributed by atoms with Gasteiger partial charge in [0.05, 0.1) is 19.3 Å². The van der Waals surface area contributed by atoms with Crippen molar-refractivity contribution in [2.24, 2.45) is 5.92 Å². The van der Waals surface area contributed by atoms with Crippen LogP contribution < -0.4 is 5.56 Å². The van der Waals surface area contributed by atoms with E-state index >= 15 is 0 Å². The molecule has 0 aliphatic heterocycles. The summed E-state index contributed by atoms with van der Waals surface area (Å²) in [6.07, 6.45) is 5.26. The van der Waals surface area contributed by atoms with Gasteiger partial charge in [0.25, 0.3) is 5.56 Å². The van der Waals surface area contributed by atoms with Gasteiger partial charge in [-0.25, -0.2) is 14.5 Å². The van der Waals surface area contributed by atoms with Gasteiger partial charge in [0.15, 0.2) is 11.2 Å². The molecule has 2 atom stereocenters. The summed E-state index contributed by atoms with van der Waals surface area (Å²) in [5.41, 5.74) is 0.547. The van der Waals surface area contributed by atoms with Crippen molar-refractivity contribution in [2.45, 2.75) is 25.3 Å². The molecule has 1 saturated carbocycles. The maximum atomic E-state index is 11.6. The Kier molecular flexibility index (Phi) is 3.66. The Morgan fingerprint density at radius 1 is 1.43 bits per heavy atom. The molecule has 1 aliphatic rings. The first-order chi connectivity index (χ1) is 9.94. The van der Waals surface area contributed by atoms with Gasteiger partial charge in [-0.3, -0.25) is 9.32 Å². The standard InChI is InChI=1S/C11H15N4O5P/c16-11-9-10(12-5-13-11)15(6-14-9)8-2-1-7(3-8)4-20-21(17,18)19/h5-8H,1-4H2,(H,12,13,16)(H2,17,18,19)/t7-,8+/m1/s1. The lowest BCUT2D eigenvalue weighted by atomic mass is 10.1. The second-order valence-corrected chi connectivity index (χ2v) is 6.41. The molecular weight excluding hydrogens is 299 g/mol. The lowest BCUT2D eigenvalue weighted by molar-refractivity contribution is 0.167. The van der Waals surface area contributed by atoms with Crippen molar-refractivity contribution in [1.82, 2.24) is 19.5 Å². The van der Waals surface area contributed by atoms with Gasteiger partial charge < -0.3 is 19.3 Å². The lowest BCUT2D eigenvalue weighted by Crippen LogP contribution is -2.10. The van der Waals surface area contributed by atoms with Crippen molar-refractivity contribution in [3.8, 4) is 0 Å². The van der Waals surface area contributed by atoms with Gasteiger partial charge in [-0.05, 0) is 25.2 Å². The predicted octanol–water partition coefficient (Wildman–Crippen LogP) is 0.570. The molecule has 9 nitrogen and oxygen atoms in total. The van der Waals surface area contributed by atoms with Crippen LogP contribution in [0, 0.1) is 5.92 Å². The smallest absolute Gasteiger partial charge is 0.312 e. The molecule has 0 amide bonds. The summed E-state index contributed by atoms with van der Waals surface area (Å²) in [5, 5.41) is 0. The van der Waals surface area contributed by atoms with Crippen LogP contribution in [0.3, 0.4) is 0 Å². The number of imidazole rings is 1. The number of nitrogens with zero attached hydrogens (tertiary/aromatic N) is 3. The summed E-state index contributed by atoms with van der Waals surface area (Å²) >= 11 is 0. The molecule has 2 aromatic rings. The molecule has 1 fully saturated rings. The Hall–Kier alpha value is -1.54. The van der Waals surface area contributed by atoms with E-state index in [-0.39, 0.29) is 24.1 Å². The summed E-state index contributed by atoms with van der Waals surface area (Å²) in [4.78, 5) is 39.8. The van der Waals surface area contributed by atoms with Crippen LogP contribution in [0.2, 0.25) is 0 Å². The van der Waals surface area contributed by atoms with E-state index in [9.17, 15) is 9.36 Å². The number of fused-ring (bicyclic) bond motifs is 1. The average molecular weight is 314 g/mol. The van der Waals surface area contributed by atoms with Crippen molar-refractivity contribution in [3.63, 3.8) is 0 Å². The molecular formula is C11H15N4O5P. The van der Waals surface area contributed by atoms with E-state index in [0.29, 0.717) is 17.6 Å². The van der Waals surface area contributed by atoms with Crippen LogP contribution in [0.1, 0.15) is 25.3 Å². The summed E-state index contributed by atoms with van der Waals surface area (Å²) in [7, 11) is -4.42. The Morgan fingerprint density at radius 2 is 2.24 bits per heavy atom. The van der Waals surface area contributed by atoms with Crippen molar-refractivity contribution >= 4 is 19.0 Å². The molecule has 10 heteroatoms. The van der Waals surface area contributed by atoms with Crippen LogP contribution in [0.25, 0.3) is 11.2 Å². The van der Waals surface area contributed by atoms with Gasteiger partial charge in [-0.1, -0.05) is 0 Å². The topological polar surface area (TPSA) is 130 Å². The van der Waals surface area contributed by atoms with Crippen LogP contribution in [0.4, 0.5) is 0 Å². The maximum Gasteiger partial charge on any atom is 0.469 e. The Bertz CT molecular complexity index is 750. The largest absolute Gasteiger partial charge is 0.469 e.